The van der Waals surface area contributed by atoms with Gasteiger partial charge in [-0.1, -0.05) is 152 Å². The molecule has 0 aromatic heterocycles. The van der Waals surface area contributed by atoms with E-state index in [-0.39, 0.29) is 73.6 Å². The second-order valence-corrected chi connectivity index (χ2v) is 19.7. The minimum atomic E-state index is 0. The molecule has 0 aliphatic heterocycles. The number of quaternary nitrogens is 5. The van der Waals surface area contributed by atoms with Gasteiger partial charge in [0.1, 0.15) is 32.7 Å². The second-order valence-electron chi connectivity index (χ2n) is 19.7. The quantitative estimate of drug-likeness (QED) is 0.0970. The average molecular weight is 1020 g/mol. The molecule has 0 radical (unpaired) electrons. The molecular weight excluding hydrogens is 939 g/mol. The highest BCUT2D eigenvalue weighted by Gasteiger charge is 2.09. The molecule has 60 heavy (non-hydrogen) atoms. The molecule has 0 fully saturated rings. The smallest absolute Gasteiger partial charge is 0.104 e. The molecule has 0 bridgehead atoms. The first kappa shape index (κ1) is 66.9. The van der Waals surface area contributed by atoms with Crippen LogP contribution in [0.15, 0.2) is 152 Å². The molecular formula is C50H80Cl4IN5. The fourth-order valence-corrected chi connectivity index (χ4v) is 5.66. The molecule has 0 saturated heterocycles. The van der Waals surface area contributed by atoms with Crippen molar-refractivity contribution in [2.24, 2.45) is 0 Å². The molecule has 0 aliphatic rings. The Kier molecular flexibility index (Phi) is 37.2. The van der Waals surface area contributed by atoms with Crippen LogP contribution >= 0.6 is 0 Å². The molecule has 0 N–H and O–H groups in total. The Hall–Kier alpha value is -2.21. The van der Waals surface area contributed by atoms with Gasteiger partial charge in [-0.2, -0.15) is 0 Å². The summed E-state index contributed by atoms with van der Waals surface area (Å²) in [5, 5.41) is 0. The molecule has 5 nitrogen and oxygen atoms in total. The third-order valence-corrected chi connectivity index (χ3v) is 7.50. The van der Waals surface area contributed by atoms with E-state index in [0.29, 0.717) is 0 Å². The molecule has 0 unspecified atom stereocenters. The van der Waals surface area contributed by atoms with Crippen molar-refractivity contribution in [3.05, 3.63) is 179 Å². The van der Waals surface area contributed by atoms with Gasteiger partial charge < -0.3 is 96.0 Å². The highest BCUT2D eigenvalue weighted by molar-refractivity contribution is 5.16. The van der Waals surface area contributed by atoms with Crippen LogP contribution in [0, 0.1) is 0 Å². The fraction of sp³-hybridized carbons (Fsp3) is 0.400. The van der Waals surface area contributed by atoms with Gasteiger partial charge in [0.25, 0.3) is 0 Å². The van der Waals surface area contributed by atoms with Gasteiger partial charge in [-0.25, -0.2) is 0 Å². The van der Waals surface area contributed by atoms with E-state index in [4.69, 9.17) is 0 Å². The van der Waals surface area contributed by atoms with Crippen LogP contribution in [0.5, 0.6) is 0 Å². The molecule has 0 spiro atoms. The van der Waals surface area contributed by atoms with Crippen molar-refractivity contribution in [2.45, 2.75) is 32.7 Å². The monoisotopic (exact) mass is 1020 g/mol. The molecule has 5 aromatic rings. The van der Waals surface area contributed by atoms with Crippen LogP contribution in [-0.2, 0) is 32.7 Å². The Morgan fingerprint density at radius 1 is 0.217 bits per heavy atom. The van der Waals surface area contributed by atoms with Gasteiger partial charge in [-0.05, 0) is 0 Å². The second kappa shape index (κ2) is 33.4. The summed E-state index contributed by atoms with van der Waals surface area (Å²) < 4.78 is 4.95. The van der Waals surface area contributed by atoms with E-state index in [2.05, 4.69) is 257 Å². The zero-order valence-electron chi connectivity index (χ0n) is 39.6. The van der Waals surface area contributed by atoms with E-state index in [0.717, 1.165) is 55.1 Å². The molecule has 0 atom stereocenters. The topological polar surface area (TPSA) is 0 Å². The van der Waals surface area contributed by atoms with Crippen molar-refractivity contribution >= 4 is 0 Å². The molecule has 0 saturated carbocycles. The Balaban J connectivity index is -0.000000206. The van der Waals surface area contributed by atoms with Crippen molar-refractivity contribution in [1.29, 1.82) is 0 Å². The zero-order valence-corrected chi connectivity index (χ0v) is 44.8. The van der Waals surface area contributed by atoms with Gasteiger partial charge in [0.2, 0.25) is 0 Å². The van der Waals surface area contributed by atoms with Crippen LogP contribution in [0.25, 0.3) is 0 Å². The third-order valence-electron chi connectivity index (χ3n) is 7.50. The number of halogens is 5. The van der Waals surface area contributed by atoms with Gasteiger partial charge in [-0.3, -0.25) is 0 Å². The standard InChI is InChI=1S/5C10H16N.4ClH.HI/c5*1-11(2,3)9-10-7-5-4-6-8-10;;;;;/h5*4-8H,9H2,1-3H3;5*1H/q5*+1;;;;;/p-5. The highest BCUT2D eigenvalue weighted by atomic mass is 127. The summed E-state index contributed by atoms with van der Waals surface area (Å²) in [6.07, 6.45) is 0. The lowest BCUT2D eigenvalue weighted by Crippen LogP contribution is -3.00. The first-order chi connectivity index (χ1) is 25.4. The minimum Gasteiger partial charge on any atom is -1.00 e. The molecule has 0 aliphatic carbocycles. The number of hydrogen-bond donors (Lipinski definition) is 0. The minimum absolute atomic E-state index is 0. The van der Waals surface area contributed by atoms with E-state index in [1.165, 1.54) is 27.8 Å². The maximum Gasteiger partial charge on any atom is 0.104 e. The van der Waals surface area contributed by atoms with E-state index in [1.54, 1.807) is 0 Å². The molecule has 340 valence electrons. The number of nitrogens with zero attached hydrogens (tertiary/aromatic N) is 5. The van der Waals surface area contributed by atoms with Crippen LogP contribution < -0.4 is 73.6 Å². The molecule has 5 aromatic carbocycles. The number of hydrogen-bond acceptors (Lipinski definition) is 0. The Morgan fingerprint density at radius 3 is 0.400 bits per heavy atom. The first-order valence-corrected chi connectivity index (χ1v) is 19.6. The Bertz CT molecular complexity index is 1370. The SMILES string of the molecule is C[N+](C)(C)Cc1ccccc1.C[N+](C)(C)Cc1ccccc1.C[N+](C)(C)Cc1ccccc1.C[N+](C)(C)Cc1ccccc1.C[N+](C)(C)Cc1ccccc1.[Cl-].[Cl-].[Cl-].[Cl-].[I-]. The van der Waals surface area contributed by atoms with Gasteiger partial charge in [0, 0.05) is 27.8 Å². The highest BCUT2D eigenvalue weighted by Crippen LogP contribution is 2.08. The Labute approximate surface area is 411 Å². The van der Waals surface area contributed by atoms with Crippen molar-refractivity contribution in [3.8, 4) is 0 Å². The van der Waals surface area contributed by atoms with Crippen LogP contribution in [0.1, 0.15) is 27.8 Å². The third kappa shape index (κ3) is 42.5. The van der Waals surface area contributed by atoms with Crippen LogP contribution in [-0.4, -0.2) is 128 Å². The van der Waals surface area contributed by atoms with Crippen LogP contribution in [0.4, 0.5) is 0 Å². The van der Waals surface area contributed by atoms with Crippen molar-refractivity contribution in [1.82, 2.24) is 0 Å². The predicted octanol–water partition coefficient (Wildman–Crippen LogP) is -5.52. The van der Waals surface area contributed by atoms with E-state index in [1.807, 2.05) is 0 Å². The summed E-state index contributed by atoms with van der Waals surface area (Å²) in [6, 6.07) is 52.9. The normalized spacial score (nSPS) is 10.6. The number of rotatable bonds is 10. The maximum atomic E-state index is 2.20. The summed E-state index contributed by atoms with van der Waals surface area (Å²) in [4.78, 5) is 0. The van der Waals surface area contributed by atoms with Crippen LogP contribution in [0.2, 0.25) is 0 Å². The van der Waals surface area contributed by atoms with Gasteiger partial charge in [0.15, 0.2) is 0 Å². The first-order valence-electron chi connectivity index (χ1n) is 19.6. The Morgan fingerprint density at radius 2 is 0.317 bits per heavy atom. The average Bonchev–Trinajstić information content (AvgIpc) is 3.05. The molecule has 0 amide bonds. The lowest BCUT2D eigenvalue weighted by Gasteiger charge is -2.23. The van der Waals surface area contributed by atoms with Gasteiger partial charge in [-0.15, -0.1) is 0 Å². The maximum absolute atomic E-state index is 2.20. The zero-order chi connectivity index (χ0) is 41.6. The van der Waals surface area contributed by atoms with Crippen molar-refractivity contribution in [2.75, 3.05) is 106 Å². The molecule has 10 heteroatoms. The fourth-order valence-electron chi connectivity index (χ4n) is 5.66. The largest absolute Gasteiger partial charge is 1.00 e. The van der Waals surface area contributed by atoms with E-state index >= 15 is 0 Å². The van der Waals surface area contributed by atoms with E-state index in [9.17, 15) is 0 Å². The van der Waals surface area contributed by atoms with Crippen molar-refractivity contribution < 1.29 is 96.0 Å². The summed E-state index contributed by atoms with van der Waals surface area (Å²) in [7, 11) is 33.0. The summed E-state index contributed by atoms with van der Waals surface area (Å²) in [5.74, 6) is 0. The summed E-state index contributed by atoms with van der Waals surface area (Å²) in [5.41, 5.74) is 7.01. The van der Waals surface area contributed by atoms with E-state index < -0.39 is 0 Å². The van der Waals surface area contributed by atoms with Gasteiger partial charge in [0.05, 0.1) is 106 Å². The molecule has 5 rings (SSSR count). The van der Waals surface area contributed by atoms with Gasteiger partial charge >= 0.3 is 0 Å². The summed E-state index contributed by atoms with van der Waals surface area (Å²) in [6.45, 7) is 5.49. The lowest BCUT2D eigenvalue weighted by molar-refractivity contribution is -0.884. The summed E-state index contributed by atoms with van der Waals surface area (Å²) >= 11 is 0. The van der Waals surface area contributed by atoms with Crippen molar-refractivity contribution in [3.63, 3.8) is 0 Å². The predicted molar refractivity (Wildman–Crippen MR) is 241 cm³/mol. The number of benzene rings is 5. The lowest BCUT2D eigenvalue weighted by atomic mass is 10.2. The molecule has 0 heterocycles. The van der Waals surface area contributed by atoms with Crippen LogP contribution in [0.3, 0.4) is 0 Å².